The molecule has 2 aliphatic heterocycles. The minimum atomic E-state index is 0.243. The van der Waals surface area contributed by atoms with Crippen LogP contribution in [0.1, 0.15) is 34.1 Å². The van der Waals surface area contributed by atoms with Crippen molar-refractivity contribution in [2.45, 2.75) is 39.7 Å². The maximum Gasteiger partial charge on any atom is 0.219 e. The van der Waals surface area contributed by atoms with Crippen LogP contribution in [0.4, 0.5) is 0 Å². The van der Waals surface area contributed by atoms with E-state index in [1.165, 1.54) is 13.0 Å². The van der Waals surface area contributed by atoms with Crippen molar-refractivity contribution in [2.75, 3.05) is 26.2 Å². The molecule has 2 saturated heterocycles. The third-order valence-corrected chi connectivity index (χ3v) is 4.20. The molecule has 0 aromatic carbocycles. The van der Waals surface area contributed by atoms with E-state index in [1.54, 1.807) is 6.92 Å². The van der Waals surface area contributed by atoms with Crippen LogP contribution >= 0.6 is 0 Å². The summed E-state index contributed by atoms with van der Waals surface area (Å²) in [6.07, 6.45) is 1.19. The number of piperidine rings is 1. The van der Waals surface area contributed by atoms with Crippen molar-refractivity contribution >= 4 is 5.91 Å². The van der Waals surface area contributed by atoms with E-state index in [-0.39, 0.29) is 11.4 Å². The van der Waals surface area contributed by atoms with Crippen LogP contribution in [-0.2, 0) is 4.79 Å². The Morgan fingerprint density at radius 1 is 1.12 bits per heavy atom. The first-order valence-electron chi connectivity index (χ1n) is 6.38. The molecule has 0 spiro atoms. The van der Waals surface area contributed by atoms with E-state index in [9.17, 15) is 4.79 Å². The van der Waals surface area contributed by atoms with Crippen LogP contribution in [0.3, 0.4) is 0 Å². The summed E-state index contributed by atoms with van der Waals surface area (Å²) < 4.78 is 0. The molecule has 2 atom stereocenters. The summed E-state index contributed by atoms with van der Waals surface area (Å²) >= 11 is 0. The van der Waals surface area contributed by atoms with E-state index in [1.807, 2.05) is 4.90 Å². The Bertz CT molecular complexity index is 282. The second-order valence-corrected chi connectivity index (χ2v) is 6.35. The summed E-state index contributed by atoms with van der Waals surface area (Å²) in [5.74, 6) is 1.76. The van der Waals surface area contributed by atoms with Gasteiger partial charge in [0.1, 0.15) is 0 Å². The number of hydrogen-bond acceptors (Lipinski definition) is 2. The van der Waals surface area contributed by atoms with Crippen LogP contribution in [0.15, 0.2) is 0 Å². The van der Waals surface area contributed by atoms with Crippen molar-refractivity contribution in [3.8, 4) is 0 Å². The molecule has 0 bridgehead atoms. The maximum atomic E-state index is 11.4. The molecular formula is C13H24N2O. The molecule has 2 rings (SSSR count). The predicted octanol–water partition coefficient (Wildman–Crippen LogP) is 1.59. The first-order valence-corrected chi connectivity index (χ1v) is 6.38. The van der Waals surface area contributed by atoms with Gasteiger partial charge >= 0.3 is 0 Å². The summed E-state index contributed by atoms with van der Waals surface area (Å²) in [6, 6.07) is 0. The van der Waals surface area contributed by atoms with Gasteiger partial charge in [0.05, 0.1) is 0 Å². The highest BCUT2D eigenvalue weighted by molar-refractivity contribution is 5.73. The van der Waals surface area contributed by atoms with Crippen molar-refractivity contribution in [3.05, 3.63) is 0 Å². The average molecular weight is 224 g/mol. The summed E-state index contributed by atoms with van der Waals surface area (Å²) in [4.78, 5) is 16.0. The molecule has 2 heterocycles. The Balaban J connectivity index is 1.99. The van der Waals surface area contributed by atoms with Gasteiger partial charge in [0, 0.05) is 38.6 Å². The first-order chi connectivity index (χ1) is 7.38. The summed E-state index contributed by atoms with van der Waals surface area (Å²) in [5.41, 5.74) is 0.276. The lowest BCUT2D eigenvalue weighted by Crippen LogP contribution is -2.42. The second-order valence-electron chi connectivity index (χ2n) is 6.35. The molecule has 1 amide bonds. The monoisotopic (exact) mass is 224 g/mol. The SMILES string of the molecule is CC(=O)N1CCC2CN(C(C)(C)C)CC2C1. The normalized spacial score (nSPS) is 31.6. The lowest BCUT2D eigenvalue weighted by atomic mass is 9.89. The molecule has 0 aromatic heterocycles. The van der Waals surface area contributed by atoms with Gasteiger partial charge in [0.25, 0.3) is 0 Å². The number of nitrogens with zero attached hydrogens (tertiary/aromatic N) is 2. The third kappa shape index (κ3) is 2.24. The van der Waals surface area contributed by atoms with Gasteiger partial charge in [0.15, 0.2) is 0 Å². The van der Waals surface area contributed by atoms with Crippen molar-refractivity contribution in [1.29, 1.82) is 0 Å². The first kappa shape index (κ1) is 11.9. The number of likely N-dealkylation sites (tertiary alicyclic amines) is 2. The Morgan fingerprint density at radius 3 is 2.31 bits per heavy atom. The van der Waals surface area contributed by atoms with Gasteiger partial charge in [-0.2, -0.15) is 0 Å². The number of rotatable bonds is 0. The molecule has 0 saturated carbocycles. The molecule has 0 radical (unpaired) electrons. The fourth-order valence-electron chi connectivity index (χ4n) is 3.00. The van der Waals surface area contributed by atoms with E-state index >= 15 is 0 Å². The summed E-state index contributed by atoms with van der Waals surface area (Å²) in [5, 5.41) is 0. The van der Waals surface area contributed by atoms with Crippen LogP contribution in [0.5, 0.6) is 0 Å². The summed E-state index contributed by atoms with van der Waals surface area (Å²) in [7, 11) is 0. The summed E-state index contributed by atoms with van der Waals surface area (Å²) in [6.45, 7) is 12.9. The van der Waals surface area contributed by atoms with E-state index in [0.29, 0.717) is 5.92 Å². The molecule has 16 heavy (non-hydrogen) atoms. The van der Waals surface area contributed by atoms with Gasteiger partial charge in [-0.05, 0) is 39.0 Å². The Kier molecular flexibility index (Phi) is 2.99. The zero-order valence-electron chi connectivity index (χ0n) is 11.0. The third-order valence-electron chi connectivity index (χ3n) is 4.20. The van der Waals surface area contributed by atoms with Crippen molar-refractivity contribution in [1.82, 2.24) is 9.80 Å². The number of amides is 1. The molecule has 2 fully saturated rings. The largest absolute Gasteiger partial charge is 0.343 e. The van der Waals surface area contributed by atoms with Crippen LogP contribution in [0, 0.1) is 11.8 Å². The minimum Gasteiger partial charge on any atom is -0.343 e. The second kappa shape index (κ2) is 4.02. The Hall–Kier alpha value is -0.570. The highest BCUT2D eigenvalue weighted by Gasteiger charge is 2.40. The molecule has 3 nitrogen and oxygen atoms in total. The zero-order chi connectivity index (χ0) is 11.9. The topological polar surface area (TPSA) is 23.6 Å². The minimum absolute atomic E-state index is 0.243. The molecule has 2 aliphatic rings. The van der Waals surface area contributed by atoms with Gasteiger partial charge in [-0.15, -0.1) is 0 Å². The molecule has 0 N–H and O–H groups in total. The van der Waals surface area contributed by atoms with E-state index in [4.69, 9.17) is 0 Å². The average Bonchev–Trinajstić information content (AvgIpc) is 2.58. The Labute approximate surface area is 98.8 Å². The van der Waals surface area contributed by atoms with Crippen LogP contribution < -0.4 is 0 Å². The lowest BCUT2D eigenvalue weighted by molar-refractivity contribution is -0.131. The quantitative estimate of drug-likeness (QED) is 0.624. The fraction of sp³-hybridized carbons (Fsp3) is 0.923. The zero-order valence-corrected chi connectivity index (χ0v) is 11.0. The number of carbonyl (C=O) groups is 1. The van der Waals surface area contributed by atoms with E-state index in [0.717, 1.165) is 25.6 Å². The number of fused-ring (bicyclic) bond motifs is 1. The van der Waals surface area contributed by atoms with Crippen molar-refractivity contribution in [3.63, 3.8) is 0 Å². The van der Waals surface area contributed by atoms with Crippen molar-refractivity contribution in [2.24, 2.45) is 11.8 Å². The molecule has 0 aromatic rings. The van der Waals surface area contributed by atoms with E-state index < -0.39 is 0 Å². The van der Waals surface area contributed by atoms with Crippen LogP contribution in [0.25, 0.3) is 0 Å². The number of hydrogen-bond donors (Lipinski definition) is 0. The molecule has 0 aliphatic carbocycles. The molecule has 92 valence electrons. The van der Waals surface area contributed by atoms with Gasteiger partial charge in [-0.25, -0.2) is 0 Å². The van der Waals surface area contributed by atoms with Gasteiger partial charge < -0.3 is 4.90 Å². The maximum absolute atomic E-state index is 11.4. The standard InChI is InChI=1S/C13H24N2O/c1-10(16)14-6-5-11-8-15(13(2,3)4)9-12(11)7-14/h11-12H,5-9H2,1-4H3. The van der Waals surface area contributed by atoms with Gasteiger partial charge in [-0.3, -0.25) is 9.69 Å². The van der Waals surface area contributed by atoms with Crippen LogP contribution in [0.2, 0.25) is 0 Å². The molecule has 2 unspecified atom stereocenters. The Morgan fingerprint density at radius 2 is 1.75 bits per heavy atom. The van der Waals surface area contributed by atoms with Crippen LogP contribution in [-0.4, -0.2) is 47.4 Å². The lowest BCUT2D eigenvalue weighted by Gasteiger charge is -2.33. The van der Waals surface area contributed by atoms with Gasteiger partial charge in [0.2, 0.25) is 5.91 Å². The van der Waals surface area contributed by atoms with Crippen molar-refractivity contribution < 1.29 is 4.79 Å². The number of carbonyl (C=O) groups excluding carboxylic acids is 1. The highest BCUT2D eigenvalue weighted by atomic mass is 16.2. The molecular weight excluding hydrogens is 200 g/mol. The predicted molar refractivity (Wildman–Crippen MR) is 65.2 cm³/mol. The van der Waals surface area contributed by atoms with E-state index in [2.05, 4.69) is 25.7 Å². The fourth-order valence-corrected chi connectivity index (χ4v) is 3.00. The smallest absolute Gasteiger partial charge is 0.219 e. The highest BCUT2D eigenvalue weighted by Crippen LogP contribution is 2.34. The van der Waals surface area contributed by atoms with Gasteiger partial charge in [-0.1, -0.05) is 0 Å². The molecule has 3 heteroatoms.